The second-order valence-corrected chi connectivity index (χ2v) is 7.19. The molecule has 0 radical (unpaired) electrons. The van der Waals surface area contributed by atoms with Gasteiger partial charge in [0.2, 0.25) is 0 Å². The summed E-state index contributed by atoms with van der Waals surface area (Å²) < 4.78 is 24.0. The first-order valence-corrected chi connectivity index (χ1v) is 10.4. The normalized spacial score (nSPS) is 14.5. The fourth-order valence-electron chi connectivity index (χ4n) is 3.39. The Morgan fingerprint density at radius 2 is 1.68 bits per heavy atom. The molecule has 6 nitrogen and oxygen atoms in total. The predicted octanol–water partition coefficient (Wildman–Crippen LogP) is 3.63. The molecule has 1 aliphatic heterocycles. The van der Waals surface area contributed by atoms with Gasteiger partial charge in [-0.2, -0.15) is 0 Å². The second-order valence-electron chi connectivity index (χ2n) is 7.19. The van der Waals surface area contributed by atoms with Gasteiger partial charge in [0.15, 0.2) is 5.96 Å². The molecule has 1 aliphatic rings. The van der Waals surface area contributed by atoms with E-state index in [1.165, 1.54) is 12.1 Å². The van der Waals surface area contributed by atoms with Crippen LogP contribution in [0, 0.1) is 5.82 Å². The summed E-state index contributed by atoms with van der Waals surface area (Å²) in [5, 5.41) is 0. The molecule has 2 aromatic rings. The Kier molecular flexibility index (Phi) is 11.0. The molecule has 2 aromatic carbocycles. The summed E-state index contributed by atoms with van der Waals surface area (Å²) in [4.78, 5) is 8.91. The molecule has 0 aromatic heterocycles. The van der Waals surface area contributed by atoms with Gasteiger partial charge in [0.1, 0.15) is 5.82 Å². The van der Waals surface area contributed by atoms with Gasteiger partial charge in [0.05, 0.1) is 26.4 Å². The van der Waals surface area contributed by atoms with Crippen molar-refractivity contribution in [3.63, 3.8) is 0 Å². The van der Waals surface area contributed by atoms with E-state index >= 15 is 0 Å². The molecule has 0 amide bonds. The van der Waals surface area contributed by atoms with E-state index in [2.05, 4.69) is 20.9 Å². The van der Waals surface area contributed by atoms with E-state index in [0.717, 1.165) is 43.0 Å². The topological polar surface area (TPSA) is 63.3 Å². The highest BCUT2D eigenvalue weighted by atomic mass is 127. The van der Waals surface area contributed by atoms with Crippen molar-refractivity contribution in [1.29, 1.82) is 0 Å². The van der Waals surface area contributed by atoms with Gasteiger partial charge in [-0.3, -0.25) is 0 Å². The average molecular weight is 542 g/mol. The number of rotatable bonds is 9. The Labute approximate surface area is 201 Å². The molecule has 0 bridgehead atoms. The SMILES string of the molecule is CCOCCOCc1cccc(CN=C(N)N2CCN(c3ccc(F)cc3)CC2)c1.I. The highest BCUT2D eigenvalue weighted by Gasteiger charge is 2.18. The third-order valence-electron chi connectivity index (χ3n) is 5.06. The third-order valence-corrected chi connectivity index (χ3v) is 5.06. The molecule has 1 saturated heterocycles. The lowest BCUT2D eigenvalue weighted by Gasteiger charge is -2.36. The number of nitrogens with zero attached hydrogens (tertiary/aromatic N) is 3. The Morgan fingerprint density at radius 1 is 1.00 bits per heavy atom. The van der Waals surface area contributed by atoms with Crippen LogP contribution >= 0.6 is 24.0 Å². The zero-order chi connectivity index (χ0) is 21.2. The van der Waals surface area contributed by atoms with Crippen molar-refractivity contribution in [2.24, 2.45) is 10.7 Å². The van der Waals surface area contributed by atoms with E-state index < -0.39 is 0 Å². The van der Waals surface area contributed by atoms with Crippen LogP contribution < -0.4 is 10.6 Å². The molecule has 1 heterocycles. The second kappa shape index (κ2) is 13.5. The first-order chi connectivity index (χ1) is 14.7. The van der Waals surface area contributed by atoms with Crippen LogP contribution in [0.3, 0.4) is 0 Å². The van der Waals surface area contributed by atoms with Crippen molar-refractivity contribution >= 4 is 35.6 Å². The lowest BCUT2D eigenvalue weighted by molar-refractivity contribution is 0.0453. The largest absolute Gasteiger partial charge is 0.379 e. The first-order valence-electron chi connectivity index (χ1n) is 10.4. The number of hydrogen-bond acceptors (Lipinski definition) is 4. The molecule has 2 N–H and O–H groups in total. The Bertz CT molecular complexity index is 811. The molecule has 0 aliphatic carbocycles. The molecule has 31 heavy (non-hydrogen) atoms. The summed E-state index contributed by atoms with van der Waals surface area (Å²) in [6, 6.07) is 14.8. The van der Waals surface area contributed by atoms with Gasteiger partial charge < -0.3 is 25.0 Å². The Balaban J connectivity index is 0.00000341. The van der Waals surface area contributed by atoms with E-state index in [0.29, 0.717) is 38.9 Å². The van der Waals surface area contributed by atoms with Crippen LogP contribution in [0.5, 0.6) is 0 Å². The lowest BCUT2D eigenvalue weighted by atomic mass is 10.1. The molecule has 0 saturated carbocycles. The van der Waals surface area contributed by atoms with Crippen molar-refractivity contribution in [2.45, 2.75) is 20.1 Å². The van der Waals surface area contributed by atoms with E-state index in [4.69, 9.17) is 15.2 Å². The number of halogens is 2. The van der Waals surface area contributed by atoms with Crippen LogP contribution in [0.1, 0.15) is 18.1 Å². The summed E-state index contributed by atoms with van der Waals surface area (Å²) in [5.41, 5.74) is 9.49. The van der Waals surface area contributed by atoms with Gasteiger partial charge in [-0.25, -0.2) is 9.38 Å². The molecule has 3 rings (SSSR count). The fraction of sp³-hybridized carbons (Fsp3) is 0.435. The highest BCUT2D eigenvalue weighted by molar-refractivity contribution is 14.0. The van der Waals surface area contributed by atoms with Gasteiger partial charge in [-0.1, -0.05) is 24.3 Å². The molecular weight excluding hydrogens is 510 g/mol. The Morgan fingerprint density at radius 3 is 2.39 bits per heavy atom. The summed E-state index contributed by atoms with van der Waals surface area (Å²) >= 11 is 0. The van der Waals surface area contributed by atoms with Gasteiger partial charge in [-0.15, -0.1) is 24.0 Å². The standard InChI is InChI=1S/C23H31FN4O2.HI/c1-2-29-14-15-30-18-20-5-3-4-19(16-20)17-26-23(25)28-12-10-27(11-13-28)22-8-6-21(24)7-9-22;/h3-9,16H,2,10-15,17-18H2,1H3,(H2,25,26);1H. The molecule has 0 spiro atoms. The minimum absolute atomic E-state index is 0. The molecule has 1 fully saturated rings. The van der Waals surface area contributed by atoms with E-state index in [1.807, 2.05) is 37.3 Å². The summed E-state index contributed by atoms with van der Waals surface area (Å²) in [7, 11) is 0. The molecule has 8 heteroatoms. The van der Waals surface area contributed by atoms with Gasteiger partial charge >= 0.3 is 0 Å². The fourth-order valence-corrected chi connectivity index (χ4v) is 3.39. The summed E-state index contributed by atoms with van der Waals surface area (Å²) in [6.07, 6.45) is 0. The van der Waals surface area contributed by atoms with Crippen LogP contribution in [0.25, 0.3) is 0 Å². The number of benzene rings is 2. The van der Waals surface area contributed by atoms with Crippen molar-refractivity contribution in [1.82, 2.24) is 4.90 Å². The maximum atomic E-state index is 13.1. The molecule has 0 atom stereocenters. The lowest BCUT2D eigenvalue weighted by Crippen LogP contribution is -2.51. The number of piperazine rings is 1. The van der Waals surface area contributed by atoms with Gasteiger partial charge in [0, 0.05) is 38.5 Å². The zero-order valence-electron chi connectivity index (χ0n) is 18.0. The van der Waals surface area contributed by atoms with Gasteiger partial charge in [0.25, 0.3) is 0 Å². The maximum Gasteiger partial charge on any atom is 0.191 e. The summed E-state index contributed by atoms with van der Waals surface area (Å²) in [5.74, 6) is 0.349. The molecule has 0 unspecified atom stereocenters. The van der Waals surface area contributed by atoms with E-state index in [1.54, 1.807) is 0 Å². The molecular formula is C23H32FIN4O2. The van der Waals surface area contributed by atoms with E-state index in [9.17, 15) is 4.39 Å². The van der Waals surface area contributed by atoms with Crippen molar-refractivity contribution in [3.05, 3.63) is 65.5 Å². The first kappa shape index (κ1) is 25.4. The quantitative estimate of drug-likeness (QED) is 0.227. The van der Waals surface area contributed by atoms with Crippen molar-refractivity contribution < 1.29 is 13.9 Å². The minimum Gasteiger partial charge on any atom is -0.379 e. The summed E-state index contributed by atoms with van der Waals surface area (Å²) in [6.45, 7) is 8.23. The minimum atomic E-state index is -0.213. The smallest absolute Gasteiger partial charge is 0.191 e. The van der Waals surface area contributed by atoms with Crippen LogP contribution in [0.2, 0.25) is 0 Å². The highest BCUT2D eigenvalue weighted by Crippen LogP contribution is 2.17. The zero-order valence-corrected chi connectivity index (χ0v) is 20.3. The average Bonchev–Trinajstić information content (AvgIpc) is 2.78. The van der Waals surface area contributed by atoms with Crippen LogP contribution in [0.4, 0.5) is 10.1 Å². The van der Waals surface area contributed by atoms with Crippen LogP contribution in [-0.2, 0) is 22.6 Å². The van der Waals surface area contributed by atoms with Crippen molar-refractivity contribution in [2.75, 3.05) is 50.9 Å². The predicted molar refractivity (Wildman–Crippen MR) is 134 cm³/mol. The number of hydrogen-bond donors (Lipinski definition) is 1. The monoisotopic (exact) mass is 542 g/mol. The van der Waals surface area contributed by atoms with Crippen LogP contribution in [0.15, 0.2) is 53.5 Å². The maximum absolute atomic E-state index is 13.1. The third kappa shape index (κ3) is 8.27. The number of ether oxygens (including phenoxy) is 2. The van der Waals surface area contributed by atoms with Crippen molar-refractivity contribution in [3.8, 4) is 0 Å². The number of guanidine groups is 1. The molecule has 170 valence electrons. The van der Waals surface area contributed by atoms with Crippen LogP contribution in [-0.4, -0.2) is 56.9 Å². The number of nitrogens with two attached hydrogens (primary N) is 1. The van der Waals surface area contributed by atoms with E-state index in [-0.39, 0.29) is 29.8 Å². The van der Waals surface area contributed by atoms with Gasteiger partial charge in [-0.05, 0) is 42.3 Å². The number of anilines is 1. The Hall–Kier alpha value is -1.91. The number of aliphatic imine (C=N–C) groups is 1.